The molecular formula is C21H25N5O4. The van der Waals surface area contributed by atoms with Crippen molar-refractivity contribution in [3.8, 4) is 5.75 Å². The number of benzene rings is 1. The quantitative estimate of drug-likeness (QED) is 0.640. The first-order chi connectivity index (χ1) is 14.2. The molecule has 3 aromatic rings. The minimum Gasteiger partial charge on any atom is -0.497 e. The van der Waals surface area contributed by atoms with E-state index in [1.54, 1.807) is 7.11 Å². The Morgan fingerprint density at radius 2 is 1.90 bits per heavy atom. The highest BCUT2D eigenvalue weighted by Crippen LogP contribution is 2.22. The first-order valence-corrected chi connectivity index (χ1v) is 9.40. The van der Waals surface area contributed by atoms with Crippen molar-refractivity contribution >= 4 is 16.9 Å². The normalized spacial score (nSPS) is 12.2. The maximum absolute atomic E-state index is 12.7. The lowest BCUT2D eigenvalue weighted by atomic mass is 10.1. The summed E-state index contributed by atoms with van der Waals surface area (Å²) < 4.78 is 7.56. The predicted molar refractivity (Wildman–Crippen MR) is 114 cm³/mol. The van der Waals surface area contributed by atoms with Gasteiger partial charge in [0.25, 0.3) is 11.5 Å². The van der Waals surface area contributed by atoms with Crippen LogP contribution >= 0.6 is 0 Å². The number of aryl methyl sites for hydroxylation is 1. The van der Waals surface area contributed by atoms with E-state index in [2.05, 4.69) is 10.3 Å². The molecular weight excluding hydrogens is 386 g/mol. The number of fused-ring (bicyclic) bond motifs is 1. The summed E-state index contributed by atoms with van der Waals surface area (Å²) in [4.78, 5) is 43.4. The standard InChI is InChI=1S/C21H25N5O4/c1-24(2)17(13-7-6-8-14(11-13)30-5)12-22-19(27)16-10-9-15-18(23-16)25(3)21(29)26(4)20(15)28/h6-11,17H,12H2,1-5H3,(H,22,27)/t17-/m1/s1. The molecule has 0 aliphatic carbocycles. The molecule has 9 heteroatoms. The van der Waals surface area contributed by atoms with E-state index in [1.165, 1.54) is 30.8 Å². The lowest BCUT2D eigenvalue weighted by Gasteiger charge is -2.25. The lowest BCUT2D eigenvalue weighted by molar-refractivity contribution is 0.0937. The summed E-state index contributed by atoms with van der Waals surface area (Å²) in [6, 6.07) is 10.6. The molecule has 0 fully saturated rings. The van der Waals surface area contributed by atoms with Gasteiger partial charge in [0.1, 0.15) is 17.1 Å². The molecule has 0 saturated carbocycles. The van der Waals surface area contributed by atoms with E-state index in [1.807, 2.05) is 43.3 Å². The van der Waals surface area contributed by atoms with Gasteiger partial charge in [0.15, 0.2) is 0 Å². The Hall–Kier alpha value is -3.46. The molecule has 2 aromatic heterocycles. The van der Waals surface area contributed by atoms with E-state index in [0.29, 0.717) is 6.54 Å². The number of hydrogen-bond acceptors (Lipinski definition) is 6. The maximum Gasteiger partial charge on any atom is 0.332 e. The zero-order valence-corrected chi connectivity index (χ0v) is 17.7. The Labute approximate surface area is 173 Å². The number of likely N-dealkylation sites (N-methyl/N-ethyl adjacent to an activating group) is 1. The average molecular weight is 411 g/mol. The molecule has 1 aromatic carbocycles. The number of aromatic nitrogens is 3. The van der Waals surface area contributed by atoms with Crippen molar-refractivity contribution in [2.24, 2.45) is 14.1 Å². The number of hydrogen-bond donors (Lipinski definition) is 1. The highest BCUT2D eigenvalue weighted by molar-refractivity contribution is 5.94. The van der Waals surface area contributed by atoms with Crippen LogP contribution in [0.2, 0.25) is 0 Å². The van der Waals surface area contributed by atoms with Gasteiger partial charge < -0.3 is 15.0 Å². The first-order valence-electron chi connectivity index (χ1n) is 9.40. The Kier molecular flexibility index (Phi) is 6.02. The van der Waals surface area contributed by atoms with Crippen LogP contribution < -0.4 is 21.3 Å². The largest absolute Gasteiger partial charge is 0.497 e. The van der Waals surface area contributed by atoms with Gasteiger partial charge in [0, 0.05) is 20.6 Å². The minimum absolute atomic E-state index is 0.0823. The molecule has 2 heterocycles. The summed E-state index contributed by atoms with van der Waals surface area (Å²) in [5.41, 5.74) is 0.361. The predicted octanol–water partition coefficient (Wildman–Crippen LogP) is 0.674. The average Bonchev–Trinajstić information content (AvgIpc) is 2.75. The molecule has 0 aliphatic rings. The van der Waals surface area contributed by atoms with Gasteiger partial charge in [-0.2, -0.15) is 0 Å². The van der Waals surface area contributed by atoms with Crippen LogP contribution in [-0.2, 0) is 14.1 Å². The molecule has 0 unspecified atom stereocenters. The molecule has 0 aliphatic heterocycles. The van der Waals surface area contributed by atoms with E-state index in [0.717, 1.165) is 15.9 Å². The van der Waals surface area contributed by atoms with E-state index in [9.17, 15) is 14.4 Å². The third-order valence-electron chi connectivity index (χ3n) is 5.09. The first kappa shape index (κ1) is 21.3. The van der Waals surface area contributed by atoms with Crippen molar-refractivity contribution in [2.75, 3.05) is 27.7 Å². The van der Waals surface area contributed by atoms with Crippen molar-refractivity contribution in [3.63, 3.8) is 0 Å². The number of carbonyl (C=O) groups is 1. The number of nitrogens with one attached hydrogen (secondary N) is 1. The Morgan fingerprint density at radius 3 is 2.57 bits per heavy atom. The van der Waals surface area contributed by atoms with Crippen molar-refractivity contribution < 1.29 is 9.53 Å². The number of carbonyl (C=O) groups excluding carboxylic acids is 1. The zero-order valence-electron chi connectivity index (χ0n) is 17.7. The highest BCUT2D eigenvalue weighted by Gasteiger charge is 2.18. The molecule has 0 saturated heterocycles. The number of rotatable bonds is 6. The highest BCUT2D eigenvalue weighted by atomic mass is 16.5. The van der Waals surface area contributed by atoms with Gasteiger partial charge in [-0.15, -0.1) is 0 Å². The van der Waals surface area contributed by atoms with Crippen LogP contribution in [0, 0.1) is 0 Å². The second kappa shape index (κ2) is 8.50. The Bertz CT molecular complexity index is 1210. The summed E-state index contributed by atoms with van der Waals surface area (Å²) in [5, 5.41) is 3.16. The van der Waals surface area contributed by atoms with Gasteiger partial charge in [-0.1, -0.05) is 12.1 Å². The van der Waals surface area contributed by atoms with Crippen LogP contribution in [0.5, 0.6) is 5.75 Å². The molecule has 0 spiro atoms. The van der Waals surface area contributed by atoms with Crippen molar-refractivity contribution in [1.29, 1.82) is 0 Å². The van der Waals surface area contributed by atoms with Crippen LogP contribution in [-0.4, -0.2) is 52.7 Å². The maximum atomic E-state index is 12.7. The van der Waals surface area contributed by atoms with Gasteiger partial charge in [-0.3, -0.25) is 18.7 Å². The molecule has 0 radical (unpaired) electrons. The lowest BCUT2D eigenvalue weighted by Crippen LogP contribution is -2.38. The fourth-order valence-electron chi connectivity index (χ4n) is 3.31. The van der Waals surface area contributed by atoms with Crippen LogP contribution in [0.1, 0.15) is 22.1 Å². The van der Waals surface area contributed by atoms with Gasteiger partial charge in [-0.25, -0.2) is 9.78 Å². The topological polar surface area (TPSA) is 98.5 Å². The van der Waals surface area contributed by atoms with Gasteiger partial charge in [0.2, 0.25) is 0 Å². The molecule has 1 atom stereocenters. The Morgan fingerprint density at radius 1 is 1.17 bits per heavy atom. The number of methoxy groups -OCH3 is 1. The van der Waals surface area contributed by atoms with Crippen molar-refractivity contribution in [2.45, 2.75) is 6.04 Å². The van der Waals surface area contributed by atoms with Crippen LogP contribution in [0.4, 0.5) is 0 Å². The fraction of sp³-hybridized carbons (Fsp3) is 0.333. The third kappa shape index (κ3) is 3.97. The molecule has 0 bridgehead atoms. The number of nitrogens with zero attached hydrogens (tertiary/aromatic N) is 4. The van der Waals surface area contributed by atoms with Crippen LogP contribution in [0.15, 0.2) is 46.0 Å². The van der Waals surface area contributed by atoms with Gasteiger partial charge >= 0.3 is 5.69 Å². The number of amides is 1. The third-order valence-corrected chi connectivity index (χ3v) is 5.09. The fourth-order valence-corrected chi connectivity index (χ4v) is 3.31. The summed E-state index contributed by atoms with van der Waals surface area (Å²) in [6.45, 7) is 0.341. The minimum atomic E-state index is -0.497. The summed E-state index contributed by atoms with van der Waals surface area (Å²) in [5.74, 6) is 0.351. The second-order valence-corrected chi connectivity index (χ2v) is 7.24. The molecule has 3 rings (SSSR count). The molecule has 158 valence electrons. The van der Waals surface area contributed by atoms with Crippen LogP contribution in [0.25, 0.3) is 11.0 Å². The van der Waals surface area contributed by atoms with E-state index >= 15 is 0 Å². The Balaban J connectivity index is 1.87. The zero-order chi connectivity index (χ0) is 22.0. The van der Waals surface area contributed by atoms with E-state index in [-0.39, 0.29) is 28.7 Å². The van der Waals surface area contributed by atoms with E-state index < -0.39 is 11.2 Å². The second-order valence-electron chi connectivity index (χ2n) is 7.24. The molecule has 9 nitrogen and oxygen atoms in total. The SMILES string of the molecule is COc1cccc([C@@H](CNC(=O)c2ccc3c(=O)n(C)c(=O)n(C)c3n2)N(C)C)c1. The van der Waals surface area contributed by atoms with Crippen molar-refractivity contribution in [3.05, 3.63) is 68.5 Å². The molecule has 30 heavy (non-hydrogen) atoms. The monoisotopic (exact) mass is 411 g/mol. The number of pyridine rings is 1. The smallest absolute Gasteiger partial charge is 0.332 e. The van der Waals surface area contributed by atoms with Gasteiger partial charge in [-0.05, 0) is 43.9 Å². The van der Waals surface area contributed by atoms with Gasteiger partial charge in [0.05, 0.1) is 18.5 Å². The molecule has 1 N–H and O–H groups in total. The molecule has 1 amide bonds. The summed E-state index contributed by atoms with van der Waals surface area (Å²) in [7, 11) is 8.39. The summed E-state index contributed by atoms with van der Waals surface area (Å²) >= 11 is 0. The van der Waals surface area contributed by atoms with Crippen LogP contribution in [0.3, 0.4) is 0 Å². The van der Waals surface area contributed by atoms with Crippen molar-refractivity contribution in [1.82, 2.24) is 24.3 Å². The number of ether oxygens (including phenoxy) is 1. The summed E-state index contributed by atoms with van der Waals surface area (Å²) in [6.07, 6.45) is 0. The van der Waals surface area contributed by atoms with E-state index in [4.69, 9.17) is 4.74 Å².